The summed E-state index contributed by atoms with van der Waals surface area (Å²) in [6, 6.07) is 40.4. The molecule has 11 N–H and O–H groups in total. The molecule has 0 saturated carbocycles. The Hall–Kier alpha value is -7.87. The van der Waals surface area contributed by atoms with Crippen molar-refractivity contribution in [2.24, 2.45) is 5.73 Å². The van der Waals surface area contributed by atoms with Gasteiger partial charge in [-0.15, -0.1) is 0 Å². The number of nitrogens with zero attached hydrogens (tertiary/aromatic N) is 2. The highest BCUT2D eigenvalue weighted by molar-refractivity contribution is 7.89. The van der Waals surface area contributed by atoms with E-state index in [0.29, 0.717) is 50.1 Å². The fourth-order valence-electron chi connectivity index (χ4n) is 9.87. The Morgan fingerprint density at radius 1 is 0.571 bits per heavy atom. The van der Waals surface area contributed by atoms with E-state index in [0.717, 1.165) is 53.2 Å². The van der Waals surface area contributed by atoms with Crippen LogP contribution in [0.3, 0.4) is 0 Å². The van der Waals surface area contributed by atoms with Crippen LogP contribution in [0.1, 0.15) is 90.3 Å². The average Bonchev–Trinajstić information content (AvgIpc) is 3.64. The van der Waals surface area contributed by atoms with E-state index in [4.69, 9.17) is 21.3 Å². The van der Waals surface area contributed by atoms with Crippen LogP contribution in [0.5, 0.6) is 0 Å². The zero-order chi connectivity index (χ0) is 60.8. The number of nitrogens with two attached hydrogens (primary N) is 1. The van der Waals surface area contributed by atoms with Crippen LogP contribution in [-0.4, -0.2) is 144 Å². The molecule has 2 heterocycles. The minimum Gasteiger partial charge on any atom is -0.444 e. The van der Waals surface area contributed by atoms with E-state index in [1.54, 1.807) is 62.4 Å². The summed E-state index contributed by atoms with van der Waals surface area (Å²) in [6.45, 7) is 6.22. The molecule has 450 valence electrons. The van der Waals surface area contributed by atoms with Gasteiger partial charge >= 0.3 is 6.09 Å². The molecule has 0 bridgehead atoms. The second-order valence-corrected chi connectivity index (χ2v) is 24.6. The third kappa shape index (κ3) is 21.7. The number of carbonyl (C=O) groups is 5. The number of hydrogen-bond acceptors (Lipinski definition) is 14. The predicted molar refractivity (Wildman–Crippen MR) is 323 cm³/mol. The highest BCUT2D eigenvalue weighted by atomic mass is 32.2. The molecule has 5 aromatic carbocycles. The summed E-state index contributed by atoms with van der Waals surface area (Å²) in [5.74, 6) is -1.01. The molecular formula is C60H78N12O10S2. The van der Waals surface area contributed by atoms with Gasteiger partial charge in [0.15, 0.2) is 0 Å². The van der Waals surface area contributed by atoms with Crippen LogP contribution < -0.4 is 41.8 Å². The van der Waals surface area contributed by atoms with Crippen LogP contribution in [0.25, 0.3) is 0 Å². The van der Waals surface area contributed by atoms with E-state index in [2.05, 4.69) is 48.2 Å². The topological polar surface area (TPSA) is 327 Å². The molecule has 2 saturated heterocycles. The summed E-state index contributed by atoms with van der Waals surface area (Å²) in [4.78, 5) is 68.5. The first-order valence-corrected chi connectivity index (χ1v) is 31.5. The second kappa shape index (κ2) is 31.7. The molecule has 7 rings (SSSR count). The van der Waals surface area contributed by atoms with Gasteiger partial charge in [0, 0.05) is 50.4 Å². The van der Waals surface area contributed by atoms with Crippen molar-refractivity contribution in [3.8, 4) is 0 Å². The summed E-state index contributed by atoms with van der Waals surface area (Å²) in [7, 11) is -6.69. The van der Waals surface area contributed by atoms with Crippen LogP contribution in [0, 0.1) is 10.8 Å². The number of nitrogen functional groups attached to an aromatic ring is 1. The maximum absolute atomic E-state index is 13.5. The number of sulfonamides is 2. The van der Waals surface area contributed by atoms with Gasteiger partial charge in [-0.25, -0.2) is 31.1 Å². The lowest BCUT2D eigenvalue weighted by Crippen LogP contribution is -2.56. The van der Waals surface area contributed by atoms with Crippen molar-refractivity contribution in [3.05, 3.63) is 178 Å². The molecule has 6 atom stereocenters. The number of carbonyl (C=O) groups excluding carboxylic acids is 5. The normalized spacial score (nSPS) is 18.0. The number of rotatable bonds is 24. The number of nitrogens with one attached hydrogen (secondary N) is 9. The van der Waals surface area contributed by atoms with E-state index in [1.165, 1.54) is 0 Å². The minimum atomic E-state index is -3.36. The monoisotopic (exact) mass is 1190 g/mol. The van der Waals surface area contributed by atoms with Gasteiger partial charge in [-0.3, -0.25) is 45.1 Å². The third-order valence-corrected chi connectivity index (χ3v) is 15.9. The Morgan fingerprint density at radius 2 is 0.964 bits per heavy atom. The Balaban J connectivity index is 0.000000277. The molecule has 24 heteroatoms. The number of amides is 5. The van der Waals surface area contributed by atoms with Crippen molar-refractivity contribution in [1.82, 2.24) is 45.8 Å². The summed E-state index contributed by atoms with van der Waals surface area (Å²) in [5.41, 5.74) is 11.3. The number of amidine groups is 2. The number of hydrogen-bond donors (Lipinski definition) is 10. The fraction of sp³-hybridized carbons (Fsp3) is 0.383. The minimum absolute atomic E-state index is 0.0229. The van der Waals surface area contributed by atoms with Crippen LogP contribution >= 0.6 is 0 Å². The highest BCUT2D eigenvalue weighted by Gasteiger charge is 2.37. The Morgan fingerprint density at radius 3 is 1.36 bits per heavy atom. The zero-order valence-corrected chi connectivity index (χ0v) is 49.4. The molecular weight excluding hydrogens is 1110 g/mol. The van der Waals surface area contributed by atoms with Crippen molar-refractivity contribution < 1.29 is 45.5 Å². The van der Waals surface area contributed by atoms with E-state index < -0.39 is 50.3 Å². The van der Waals surface area contributed by atoms with Crippen molar-refractivity contribution in [1.29, 1.82) is 10.8 Å². The number of piperidine rings is 2. The average molecular weight is 1190 g/mol. The van der Waals surface area contributed by atoms with Gasteiger partial charge in [0.05, 0.1) is 24.6 Å². The van der Waals surface area contributed by atoms with Crippen LogP contribution in [0.15, 0.2) is 140 Å². The molecule has 5 aromatic rings. The molecule has 0 aromatic heterocycles. The molecule has 2 aliphatic rings. The first-order valence-electron chi connectivity index (χ1n) is 27.7. The standard InChI is InChI=1S/C34H42N6O6S.C26H36N6O4S/c1-24(38-33(42)30-21-29(27-11-7-4-8-12-27)17-19-40(30)20-18-37-47(2,44)45)32(41)36-22-25-13-15-28(16-14-25)31(35)39-34(43)46-23-26-9-5-3-6-10-26;1-18(25(33)29-17-19-8-10-21(11-9-19)24(27)28)31-26(34)23-16-22(20-6-4-3-5-7-20)12-14-32(23)15-13-30-37(2,35)36/h3-16,24,29-30,37H,17-23H2,1-2H3,(H,36,41)(H,38,42)(H2,35,39,43);3-11,18,22-23,30H,12-17H2,1-2H3,(H3,27,28)(H,29,33)(H,31,34)/t24-,29-,30+;18-,22-,23+/m00/s1. The van der Waals surface area contributed by atoms with Crippen molar-refractivity contribution in [3.63, 3.8) is 0 Å². The molecule has 2 fully saturated rings. The molecule has 22 nitrogen and oxygen atoms in total. The summed E-state index contributed by atoms with van der Waals surface area (Å²) in [6.07, 6.45) is 4.28. The largest absolute Gasteiger partial charge is 0.444 e. The van der Waals surface area contributed by atoms with Crippen molar-refractivity contribution in [2.75, 3.05) is 51.8 Å². The molecule has 0 unspecified atom stereocenters. The quantitative estimate of drug-likeness (QED) is 0.0311. The fourth-order valence-corrected chi connectivity index (χ4v) is 10.8. The first-order chi connectivity index (χ1) is 40.0. The zero-order valence-electron chi connectivity index (χ0n) is 47.8. The number of alkyl carbamates (subject to hydrolysis) is 1. The van der Waals surface area contributed by atoms with Crippen molar-refractivity contribution >= 4 is 61.4 Å². The van der Waals surface area contributed by atoms with Crippen LogP contribution in [0.4, 0.5) is 4.79 Å². The smallest absolute Gasteiger partial charge is 0.413 e. The number of benzene rings is 5. The highest BCUT2D eigenvalue weighted by Crippen LogP contribution is 2.33. The van der Waals surface area contributed by atoms with E-state index in [-0.39, 0.29) is 79.9 Å². The lowest BCUT2D eigenvalue weighted by molar-refractivity contribution is -0.132. The van der Waals surface area contributed by atoms with E-state index in [9.17, 15) is 40.8 Å². The summed E-state index contributed by atoms with van der Waals surface area (Å²) < 4.78 is 56.3. The summed E-state index contributed by atoms with van der Waals surface area (Å²) in [5, 5.41) is 29.4. The summed E-state index contributed by atoms with van der Waals surface area (Å²) >= 11 is 0. The second-order valence-electron chi connectivity index (χ2n) is 21.0. The maximum Gasteiger partial charge on any atom is 0.413 e. The van der Waals surface area contributed by atoms with Gasteiger partial charge < -0.3 is 31.7 Å². The molecule has 0 aliphatic carbocycles. The predicted octanol–water partition coefficient (Wildman–Crippen LogP) is 3.75. The molecule has 0 spiro atoms. The maximum atomic E-state index is 13.5. The lowest BCUT2D eigenvalue weighted by atomic mass is 9.85. The third-order valence-electron chi connectivity index (χ3n) is 14.5. The van der Waals surface area contributed by atoms with Crippen LogP contribution in [-0.2, 0) is 63.7 Å². The Labute approximate surface area is 492 Å². The van der Waals surface area contributed by atoms with E-state index >= 15 is 0 Å². The Kier molecular flexibility index (Phi) is 24.6. The van der Waals surface area contributed by atoms with Gasteiger partial charge in [0.25, 0.3) is 0 Å². The molecule has 5 amide bonds. The van der Waals surface area contributed by atoms with Gasteiger partial charge in [0.2, 0.25) is 43.7 Å². The van der Waals surface area contributed by atoms with E-state index in [1.807, 2.05) is 88.7 Å². The SMILES string of the molecule is C[C@H](NC(=O)[C@H]1C[C@@H](c2ccccc2)CCN1CCNS(C)(=O)=O)C(=O)NCc1ccc(C(=N)N)cc1.C[C@H](NC(=O)[C@H]1C[C@@H](c2ccccc2)CCN1CCNS(C)(=O)=O)C(=O)NCc1ccc(C(=N)NC(=O)OCc2ccccc2)cc1. The van der Waals surface area contributed by atoms with Crippen LogP contribution in [0.2, 0.25) is 0 Å². The molecule has 0 radical (unpaired) electrons. The number of ether oxygens (including phenoxy) is 1. The lowest BCUT2D eigenvalue weighted by Gasteiger charge is -2.39. The van der Waals surface area contributed by atoms with Crippen molar-refractivity contribution in [2.45, 2.75) is 95.2 Å². The number of likely N-dealkylation sites (tertiary alicyclic amines) is 2. The molecule has 84 heavy (non-hydrogen) atoms. The van der Waals surface area contributed by atoms with Gasteiger partial charge in [-0.1, -0.05) is 140 Å². The Bertz CT molecular complexity index is 3240. The molecule has 2 aliphatic heterocycles. The van der Waals surface area contributed by atoms with Gasteiger partial charge in [-0.05, 0) is 92.3 Å². The van der Waals surface area contributed by atoms with Gasteiger partial charge in [0.1, 0.15) is 30.4 Å². The first kappa shape index (κ1) is 65.3. The van der Waals surface area contributed by atoms with Gasteiger partial charge in [-0.2, -0.15) is 0 Å².